The molecule has 4 heteroatoms. The van der Waals surface area contributed by atoms with Gasteiger partial charge < -0.3 is 10.2 Å². The molecule has 21 heavy (non-hydrogen) atoms. The Morgan fingerprint density at radius 1 is 1.33 bits per heavy atom. The number of hydrogen-bond acceptors (Lipinski definition) is 3. The number of benzene rings is 1. The van der Waals surface area contributed by atoms with Crippen LogP contribution in [0.5, 0.6) is 0 Å². The quantitative estimate of drug-likeness (QED) is 0.903. The molecular weight excluding hydrogens is 326 g/mol. The van der Waals surface area contributed by atoms with Crippen LogP contribution in [0.3, 0.4) is 0 Å². The molecule has 0 aliphatic carbocycles. The highest BCUT2D eigenvalue weighted by Crippen LogP contribution is 2.39. The molecule has 2 unspecified atom stereocenters. The maximum absolute atomic E-state index is 9.46. The summed E-state index contributed by atoms with van der Waals surface area (Å²) >= 11 is 3.47. The molecule has 0 radical (unpaired) electrons. The minimum atomic E-state index is 0.579. The van der Waals surface area contributed by atoms with Crippen LogP contribution in [0.25, 0.3) is 0 Å². The van der Waals surface area contributed by atoms with E-state index < -0.39 is 0 Å². The van der Waals surface area contributed by atoms with Crippen LogP contribution in [0.2, 0.25) is 0 Å². The molecule has 2 fully saturated rings. The van der Waals surface area contributed by atoms with Crippen LogP contribution in [-0.4, -0.2) is 24.7 Å². The van der Waals surface area contributed by atoms with Crippen LogP contribution in [0.4, 0.5) is 5.69 Å². The Morgan fingerprint density at radius 3 is 2.67 bits per heavy atom. The molecule has 1 N–H and O–H groups in total. The molecule has 0 amide bonds. The van der Waals surface area contributed by atoms with E-state index in [1.165, 1.54) is 32.1 Å². The first-order valence-electron chi connectivity index (χ1n) is 7.94. The molecule has 1 aromatic rings. The molecule has 0 saturated carbocycles. The summed E-state index contributed by atoms with van der Waals surface area (Å²) in [6, 6.07) is 10.3. The molecule has 3 nitrogen and oxygen atoms in total. The van der Waals surface area contributed by atoms with Crippen molar-refractivity contribution in [3.63, 3.8) is 0 Å². The maximum atomic E-state index is 9.46. The predicted molar refractivity (Wildman–Crippen MR) is 89.5 cm³/mol. The molecule has 3 rings (SSSR count). The van der Waals surface area contributed by atoms with Gasteiger partial charge in [-0.2, -0.15) is 5.26 Å². The molecule has 2 aliphatic rings. The summed E-state index contributed by atoms with van der Waals surface area (Å²) in [6.45, 7) is 3.23. The van der Waals surface area contributed by atoms with Gasteiger partial charge in [-0.1, -0.05) is 22.9 Å². The lowest BCUT2D eigenvalue weighted by Gasteiger charge is -2.50. The van der Waals surface area contributed by atoms with Crippen LogP contribution in [0.15, 0.2) is 22.7 Å². The SMILES string of the molecule is CCNC1CC2CCCC(C1)N2c1ccc(Br)cc1C#N. The lowest BCUT2D eigenvalue weighted by atomic mass is 9.81. The monoisotopic (exact) mass is 347 g/mol. The molecule has 2 heterocycles. The maximum Gasteiger partial charge on any atom is 0.101 e. The van der Waals surface area contributed by atoms with Crippen molar-refractivity contribution in [2.75, 3.05) is 11.4 Å². The van der Waals surface area contributed by atoms with Gasteiger partial charge in [0.2, 0.25) is 0 Å². The van der Waals surface area contributed by atoms with E-state index in [9.17, 15) is 5.26 Å². The number of rotatable bonds is 3. The Morgan fingerprint density at radius 2 is 2.05 bits per heavy atom. The van der Waals surface area contributed by atoms with Crippen LogP contribution in [0, 0.1) is 11.3 Å². The van der Waals surface area contributed by atoms with Crippen molar-refractivity contribution in [3.8, 4) is 6.07 Å². The van der Waals surface area contributed by atoms with Crippen molar-refractivity contribution in [2.24, 2.45) is 0 Å². The Hall–Kier alpha value is -1.05. The topological polar surface area (TPSA) is 39.1 Å². The Balaban J connectivity index is 1.91. The van der Waals surface area contributed by atoms with Gasteiger partial charge >= 0.3 is 0 Å². The van der Waals surface area contributed by atoms with Gasteiger partial charge in [-0.05, 0) is 56.8 Å². The Kier molecular flexibility index (Phi) is 4.51. The van der Waals surface area contributed by atoms with E-state index in [1.54, 1.807) is 0 Å². The normalized spacial score (nSPS) is 28.2. The van der Waals surface area contributed by atoms with Crippen LogP contribution >= 0.6 is 15.9 Å². The van der Waals surface area contributed by atoms with Crippen molar-refractivity contribution in [3.05, 3.63) is 28.2 Å². The third kappa shape index (κ3) is 2.95. The van der Waals surface area contributed by atoms with Gasteiger partial charge in [-0.3, -0.25) is 0 Å². The van der Waals surface area contributed by atoms with Crippen molar-refractivity contribution >= 4 is 21.6 Å². The third-order valence-corrected chi connectivity index (χ3v) is 5.32. The number of halogens is 1. The fourth-order valence-electron chi connectivity index (χ4n) is 4.05. The average Bonchev–Trinajstić information content (AvgIpc) is 2.47. The number of nitriles is 1. The van der Waals surface area contributed by atoms with E-state index in [0.717, 1.165) is 22.3 Å². The van der Waals surface area contributed by atoms with Gasteiger partial charge in [-0.25, -0.2) is 0 Å². The summed E-state index contributed by atoms with van der Waals surface area (Å²) in [5, 5.41) is 13.1. The summed E-state index contributed by atoms with van der Waals surface area (Å²) in [4.78, 5) is 2.54. The summed E-state index contributed by atoms with van der Waals surface area (Å²) < 4.78 is 0.982. The number of hydrogen-bond donors (Lipinski definition) is 1. The molecule has 2 saturated heterocycles. The highest BCUT2D eigenvalue weighted by molar-refractivity contribution is 9.10. The van der Waals surface area contributed by atoms with E-state index in [-0.39, 0.29) is 0 Å². The average molecular weight is 348 g/mol. The smallest absolute Gasteiger partial charge is 0.101 e. The van der Waals surface area contributed by atoms with E-state index in [0.29, 0.717) is 18.1 Å². The minimum absolute atomic E-state index is 0.579. The largest absolute Gasteiger partial charge is 0.364 e. The van der Waals surface area contributed by atoms with Gasteiger partial charge in [0, 0.05) is 22.6 Å². The molecule has 2 aliphatic heterocycles. The fraction of sp³-hybridized carbons (Fsp3) is 0.588. The Labute approximate surface area is 135 Å². The number of fused-ring (bicyclic) bond motifs is 2. The predicted octanol–water partition coefficient (Wildman–Crippen LogP) is 3.82. The van der Waals surface area contributed by atoms with Gasteiger partial charge in [0.1, 0.15) is 6.07 Å². The van der Waals surface area contributed by atoms with Gasteiger partial charge in [0.05, 0.1) is 11.3 Å². The Bertz CT molecular complexity index is 537. The van der Waals surface area contributed by atoms with E-state index in [2.05, 4.69) is 51.3 Å². The van der Waals surface area contributed by atoms with Crippen LogP contribution in [0.1, 0.15) is 44.6 Å². The van der Waals surface area contributed by atoms with Crippen molar-refractivity contribution in [1.29, 1.82) is 5.26 Å². The van der Waals surface area contributed by atoms with E-state index in [1.807, 2.05) is 6.07 Å². The number of anilines is 1. The summed E-state index contributed by atoms with van der Waals surface area (Å²) in [6.07, 6.45) is 6.22. The summed E-state index contributed by atoms with van der Waals surface area (Å²) in [5.41, 5.74) is 1.92. The molecule has 112 valence electrons. The highest BCUT2D eigenvalue weighted by Gasteiger charge is 2.38. The molecule has 2 bridgehead atoms. The van der Waals surface area contributed by atoms with Crippen molar-refractivity contribution in [1.82, 2.24) is 5.32 Å². The van der Waals surface area contributed by atoms with Gasteiger partial charge in [-0.15, -0.1) is 0 Å². The van der Waals surface area contributed by atoms with Gasteiger partial charge in [0.15, 0.2) is 0 Å². The molecule has 2 atom stereocenters. The fourth-order valence-corrected chi connectivity index (χ4v) is 4.41. The second-order valence-corrected chi connectivity index (χ2v) is 7.06. The van der Waals surface area contributed by atoms with Crippen LogP contribution < -0.4 is 10.2 Å². The molecule has 0 aromatic heterocycles. The molecular formula is C17H22BrN3. The number of piperidine rings is 2. The van der Waals surface area contributed by atoms with Crippen molar-refractivity contribution in [2.45, 2.75) is 57.2 Å². The summed E-state index contributed by atoms with van der Waals surface area (Å²) in [5.74, 6) is 0. The lowest BCUT2D eigenvalue weighted by molar-refractivity contribution is 0.247. The number of nitrogens with one attached hydrogen (secondary N) is 1. The second kappa shape index (κ2) is 6.37. The zero-order valence-corrected chi connectivity index (χ0v) is 14.1. The first-order valence-corrected chi connectivity index (χ1v) is 8.73. The van der Waals surface area contributed by atoms with E-state index >= 15 is 0 Å². The lowest BCUT2D eigenvalue weighted by Crippen LogP contribution is -2.56. The van der Waals surface area contributed by atoms with E-state index in [4.69, 9.17) is 0 Å². The van der Waals surface area contributed by atoms with Crippen molar-refractivity contribution < 1.29 is 0 Å². The zero-order valence-electron chi connectivity index (χ0n) is 12.5. The summed E-state index contributed by atoms with van der Waals surface area (Å²) in [7, 11) is 0. The minimum Gasteiger partial charge on any atom is -0.364 e. The third-order valence-electron chi connectivity index (χ3n) is 4.82. The highest BCUT2D eigenvalue weighted by atomic mass is 79.9. The zero-order chi connectivity index (χ0) is 14.8. The van der Waals surface area contributed by atoms with Crippen LogP contribution in [-0.2, 0) is 0 Å². The first-order chi connectivity index (χ1) is 10.2. The number of nitrogens with zero attached hydrogens (tertiary/aromatic N) is 2. The first kappa shape index (κ1) is 14.9. The standard InChI is InChI=1S/C17H22BrN3/c1-2-20-14-9-15-4-3-5-16(10-14)21(15)17-7-6-13(18)8-12(17)11-19/h6-8,14-16,20H,2-5,9-10H2,1H3. The molecule has 0 spiro atoms. The second-order valence-electron chi connectivity index (χ2n) is 6.15. The van der Waals surface area contributed by atoms with Gasteiger partial charge in [0.25, 0.3) is 0 Å². The molecule has 1 aromatic carbocycles.